The van der Waals surface area contributed by atoms with Gasteiger partial charge in [-0.15, -0.1) is 0 Å². The highest BCUT2D eigenvalue weighted by atomic mass is 32.2. The largest absolute Gasteiger partial charge is 0.446 e. The number of nitrogens with zero attached hydrogens (tertiary/aromatic N) is 3. The maximum Gasteiger partial charge on any atom is 0.446 e. The molecule has 0 bridgehead atoms. The minimum Gasteiger partial charge on any atom is -0.305 e. The first-order chi connectivity index (χ1) is 16.0. The molecule has 0 saturated carbocycles. The third-order valence-electron chi connectivity index (χ3n) is 5.46. The lowest BCUT2D eigenvalue weighted by atomic mass is 10.0. The number of hydrogen-bond donors (Lipinski definition) is 0. The molecule has 1 aliphatic rings. The van der Waals surface area contributed by atoms with Gasteiger partial charge in [0.15, 0.2) is 0 Å². The predicted molar refractivity (Wildman–Crippen MR) is 120 cm³/mol. The van der Waals surface area contributed by atoms with Crippen LogP contribution in [-0.4, -0.2) is 32.9 Å². The number of hydrogen-bond acceptors (Lipinski definition) is 4. The minimum atomic E-state index is -4.43. The average molecular weight is 489 g/mol. The molecule has 0 radical (unpaired) electrons. The zero-order valence-corrected chi connectivity index (χ0v) is 19.0. The van der Waals surface area contributed by atoms with E-state index in [-0.39, 0.29) is 34.7 Å². The van der Waals surface area contributed by atoms with Gasteiger partial charge in [-0.2, -0.15) is 13.2 Å². The van der Waals surface area contributed by atoms with Crippen molar-refractivity contribution in [1.29, 1.82) is 0 Å². The smallest absolute Gasteiger partial charge is 0.305 e. The van der Waals surface area contributed by atoms with E-state index in [4.69, 9.17) is 0 Å². The molecule has 34 heavy (non-hydrogen) atoms. The molecule has 2 aromatic carbocycles. The van der Waals surface area contributed by atoms with E-state index in [0.29, 0.717) is 16.8 Å². The molecule has 10 heteroatoms. The third kappa shape index (κ3) is 4.77. The van der Waals surface area contributed by atoms with Crippen molar-refractivity contribution in [2.24, 2.45) is 0 Å². The molecule has 1 aromatic heterocycles. The summed E-state index contributed by atoms with van der Waals surface area (Å²) >= 11 is -0.270. The second-order valence-electron chi connectivity index (χ2n) is 8.17. The number of rotatable bonds is 5. The summed E-state index contributed by atoms with van der Waals surface area (Å²) in [5, 5.41) is 0. The predicted octanol–water partition coefficient (Wildman–Crippen LogP) is 6.25. The SMILES string of the molecule is CC1(C)C(=O)N(c2ccc(SC(F)(F)F)cc2)C(=O)N1Cc1ccnc(-c2ccc(F)cc2)c1. The van der Waals surface area contributed by atoms with Crippen molar-refractivity contribution in [3.63, 3.8) is 0 Å². The van der Waals surface area contributed by atoms with E-state index in [0.717, 1.165) is 4.90 Å². The molecule has 0 atom stereocenters. The lowest BCUT2D eigenvalue weighted by Crippen LogP contribution is -2.43. The number of benzene rings is 2. The topological polar surface area (TPSA) is 53.5 Å². The van der Waals surface area contributed by atoms with E-state index in [9.17, 15) is 27.2 Å². The molecule has 3 amide bonds. The summed E-state index contributed by atoms with van der Waals surface area (Å²) in [7, 11) is 0. The van der Waals surface area contributed by atoms with E-state index in [1.807, 2.05) is 0 Å². The van der Waals surface area contributed by atoms with Gasteiger partial charge in [0.2, 0.25) is 0 Å². The molecule has 0 unspecified atom stereocenters. The van der Waals surface area contributed by atoms with Gasteiger partial charge < -0.3 is 4.90 Å². The van der Waals surface area contributed by atoms with Crippen molar-refractivity contribution in [2.45, 2.75) is 36.3 Å². The monoisotopic (exact) mass is 489 g/mol. The quantitative estimate of drug-likeness (QED) is 0.242. The minimum absolute atomic E-state index is 0.0448. The number of carbonyl (C=O) groups is 2. The Kier molecular flexibility index (Phi) is 6.11. The number of thioether (sulfide) groups is 1. The van der Waals surface area contributed by atoms with Gasteiger partial charge in [-0.1, -0.05) is 0 Å². The first kappa shape index (κ1) is 23.7. The number of carbonyl (C=O) groups excluding carboxylic acids is 2. The number of alkyl halides is 3. The van der Waals surface area contributed by atoms with Gasteiger partial charge >= 0.3 is 11.5 Å². The second kappa shape index (κ2) is 8.75. The summed E-state index contributed by atoms with van der Waals surface area (Å²) in [5.74, 6) is -0.852. The van der Waals surface area contributed by atoms with Gasteiger partial charge in [0.1, 0.15) is 11.4 Å². The van der Waals surface area contributed by atoms with Crippen LogP contribution in [0.1, 0.15) is 19.4 Å². The fourth-order valence-electron chi connectivity index (χ4n) is 3.66. The maximum atomic E-state index is 13.2. The summed E-state index contributed by atoms with van der Waals surface area (Å²) in [6, 6.07) is 13.8. The Labute approximate surface area is 197 Å². The van der Waals surface area contributed by atoms with Crippen LogP contribution in [0.5, 0.6) is 0 Å². The molecule has 0 spiro atoms. The lowest BCUT2D eigenvalue weighted by Gasteiger charge is -2.27. The van der Waals surface area contributed by atoms with E-state index in [1.165, 1.54) is 41.3 Å². The average Bonchev–Trinajstić information content (AvgIpc) is 2.93. The van der Waals surface area contributed by atoms with Crippen molar-refractivity contribution in [1.82, 2.24) is 9.88 Å². The van der Waals surface area contributed by atoms with Gasteiger partial charge in [-0.25, -0.2) is 14.1 Å². The van der Waals surface area contributed by atoms with E-state index in [1.54, 1.807) is 44.3 Å². The van der Waals surface area contributed by atoms with Crippen LogP contribution in [0.15, 0.2) is 71.8 Å². The number of anilines is 1. The molecule has 2 heterocycles. The van der Waals surface area contributed by atoms with Gasteiger partial charge in [0.25, 0.3) is 5.91 Å². The Balaban J connectivity index is 1.58. The molecule has 176 valence electrons. The molecule has 0 aliphatic carbocycles. The van der Waals surface area contributed by atoms with Crippen LogP contribution in [0, 0.1) is 5.82 Å². The lowest BCUT2D eigenvalue weighted by molar-refractivity contribution is -0.123. The zero-order valence-electron chi connectivity index (χ0n) is 18.1. The molecule has 1 saturated heterocycles. The molecule has 5 nitrogen and oxygen atoms in total. The molecule has 4 rings (SSSR count). The number of amides is 3. The van der Waals surface area contributed by atoms with Crippen LogP contribution in [0.2, 0.25) is 0 Å². The van der Waals surface area contributed by atoms with Gasteiger partial charge in [0.05, 0.1) is 11.4 Å². The van der Waals surface area contributed by atoms with Gasteiger partial charge in [0, 0.05) is 23.2 Å². The Morgan fingerprint density at radius 1 is 0.971 bits per heavy atom. The highest BCUT2D eigenvalue weighted by Crippen LogP contribution is 2.39. The molecular formula is C24H19F4N3O2S. The van der Waals surface area contributed by atoms with Gasteiger partial charge in [-0.3, -0.25) is 9.78 Å². The van der Waals surface area contributed by atoms with Crippen LogP contribution in [0.3, 0.4) is 0 Å². The molecule has 0 N–H and O–H groups in total. The maximum absolute atomic E-state index is 13.2. The zero-order chi connectivity index (χ0) is 24.7. The molecule has 1 fully saturated rings. The number of halogens is 4. The Morgan fingerprint density at radius 3 is 2.24 bits per heavy atom. The number of urea groups is 1. The van der Waals surface area contributed by atoms with E-state index in [2.05, 4.69) is 4.98 Å². The van der Waals surface area contributed by atoms with Gasteiger partial charge in [-0.05, 0) is 91.8 Å². The Bertz CT molecular complexity index is 1230. The summed E-state index contributed by atoms with van der Waals surface area (Å²) in [6.45, 7) is 3.33. The van der Waals surface area contributed by atoms with E-state index >= 15 is 0 Å². The standard InChI is InChI=1S/C24H19F4N3O2S/c1-23(2)21(32)31(18-7-9-19(10-8-18)34-24(26,27)28)22(33)30(23)14-15-11-12-29-20(13-15)16-3-5-17(25)6-4-16/h3-13H,14H2,1-2H3. The summed E-state index contributed by atoms with van der Waals surface area (Å²) in [6.07, 6.45) is 1.57. The summed E-state index contributed by atoms with van der Waals surface area (Å²) in [5.41, 5.74) is -3.43. The third-order valence-corrected chi connectivity index (χ3v) is 6.20. The summed E-state index contributed by atoms with van der Waals surface area (Å²) in [4.78, 5) is 33.0. The molecular weight excluding hydrogens is 470 g/mol. The Hall–Kier alpha value is -3.40. The second-order valence-corrected chi connectivity index (χ2v) is 9.30. The van der Waals surface area contributed by atoms with Crippen LogP contribution in [-0.2, 0) is 11.3 Å². The highest BCUT2D eigenvalue weighted by Gasteiger charge is 2.51. The highest BCUT2D eigenvalue weighted by molar-refractivity contribution is 8.00. The van der Waals surface area contributed by atoms with E-state index < -0.39 is 23.0 Å². The first-order valence-electron chi connectivity index (χ1n) is 10.2. The number of imide groups is 1. The fraction of sp³-hybridized carbons (Fsp3) is 0.208. The normalized spacial score (nSPS) is 15.8. The van der Waals surface area contributed by atoms with Crippen LogP contribution >= 0.6 is 11.8 Å². The summed E-state index contributed by atoms with van der Waals surface area (Å²) < 4.78 is 51.0. The first-order valence-corrected chi connectivity index (χ1v) is 11.0. The number of pyridine rings is 1. The fourth-order valence-corrected chi connectivity index (χ4v) is 4.20. The van der Waals surface area contributed by atoms with Crippen molar-refractivity contribution in [2.75, 3.05) is 4.90 Å². The van der Waals surface area contributed by atoms with Crippen LogP contribution in [0.25, 0.3) is 11.3 Å². The molecule has 3 aromatic rings. The van der Waals surface area contributed by atoms with Crippen molar-refractivity contribution < 1.29 is 27.2 Å². The van der Waals surface area contributed by atoms with Crippen LogP contribution < -0.4 is 4.90 Å². The number of aromatic nitrogens is 1. The van der Waals surface area contributed by atoms with Crippen molar-refractivity contribution in [3.05, 3.63) is 78.2 Å². The van der Waals surface area contributed by atoms with Crippen molar-refractivity contribution >= 4 is 29.4 Å². The van der Waals surface area contributed by atoms with Crippen LogP contribution in [0.4, 0.5) is 28.0 Å². The Morgan fingerprint density at radius 2 is 1.62 bits per heavy atom. The van der Waals surface area contributed by atoms with Crippen molar-refractivity contribution in [3.8, 4) is 11.3 Å². The molecule has 1 aliphatic heterocycles.